The zero-order valence-corrected chi connectivity index (χ0v) is 10.0. The zero-order chi connectivity index (χ0) is 13.0. The largest absolute Gasteiger partial charge is 0.271 e. The molecule has 2 rings (SSSR count). The van der Waals surface area contributed by atoms with Crippen LogP contribution in [0.15, 0.2) is 24.3 Å². The van der Waals surface area contributed by atoms with Gasteiger partial charge in [-0.15, -0.1) is 10.2 Å². The third-order valence-electron chi connectivity index (χ3n) is 2.61. The summed E-state index contributed by atoms with van der Waals surface area (Å²) in [5.74, 6) is 5.88. The number of aryl methyl sites for hydroxylation is 1. The Bertz CT molecular complexity index is 494. The van der Waals surface area contributed by atoms with E-state index in [1.54, 1.807) is 19.2 Å². The molecule has 0 aliphatic rings. The molecule has 1 aromatic carbocycles. The van der Waals surface area contributed by atoms with Crippen molar-refractivity contribution in [3.05, 3.63) is 41.5 Å². The van der Waals surface area contributed by atoms with Crippen molar-refractivity contribution in [2.45, 2.75) is 18.9 Å². The van der Waals surface area contributed by atoms with Crippen molar-refractivity contribution in [2.24, 2.45) is 12.9 Å². The van der Waals surface area contributed by atoms with Crippen LogP contribution < -0.4 is 11.3 Å². The maximum absolute atomic E-state index is 12.8. The molecule has 0 aliphatic heterocycles. The van der Waals surface area contributed by atoms with Crippen LogP contribution in [-0.2, 0) is 19.9 Å². The van der Waals surface area contributed by atoms with E-state index in [0.29, 0.717) is 18.7 Å². The van der Waals surface area contributed by atoms with Crippen LogP contribution >= 0.6 is 0 Å². The predicted octanol–water partition coefficient (Wildman–Crippen LogP) is -0.0337. The van der Waals surface area contributed by atoms with Gasteiger partial charge in [-0.05, 0) is 29.3 Å². The number of nitrogens with two attached hydrogens (primary N) is 1. The molecule has 3 N–H and O–H groups in total. The number of nitrogens with one attached hydrogen (secondary N) is 1. The van der Waals surface area contributed by atoms with Gasteiger partial charge in [0.1, 0.15) is 5.82 Å². The first kappa shape index (κ1) is 12.6. The lowest BCUT2D eigenvalue weighted by atomic mass is 10.0. The SMILES string of the molecule is Cn1nnc(CC(Cc2ccc(F)cc2)NN)n1. The number of aromatic nitrogens is 4. The molecule has 0 spiro atoms. The standard InChI is InChI=1S/C11H15FN6/c1-18-16-11(15-17-18)7-10(14-13)6-8-2-4-9(12)5-3-8/h2-5,10,14H,6-7,13H2,1H3. The van der Waals surface area contributed by atoms with E-state index in [1.807, 2.05) is 0 Å². The first-order valence-corrected chi connectivity index (χ1v) is 5.61. The molecule has 2 aromatic rings. The van der Waals surface area contributed by atoms with Gasteiger partial charge in [0.2, 0.25) is 0 Å². The lowest BCUT2D eigenvalue weighted by Crippen LogP contribution is -2.38. The van der Waals surface area contributed by atoms with E-state index in [2.05, 4.69) is 20.8 Å². The molecule has 0 amide bonds. The fourth-order valence-electron chi connectivity index (χ4n) is 1.72. The van der Waals surface area contributed by atoms with Gasteiger partial charge in [0.25, 0.3) is 0 Å². The molecular formula is C11H15FN6. The van der Waals surface area contributed by atoms with Crippen molar-refractivity contribution >= 4 is 0 Å². The Labute approximate surface area is 104 Å². The molecular weight excluding hydrogens is 235 g/mol. The number of nitrogens with zero attached hydrogens (tertiary/aromatic N) is 4. The third kappa shape index (κ3) is 3.31. The molecule has 0 fully saturated rings. The van der Waals surface area contributed by atoms with Crippen LogP contribution in [0, 0.1) is 5.82 Å². The van der Waals surface area contributed by atoms with Gasteiger partial charge in [-0.25, -0.2) is 4.39 Å². The average molecular weight is 250 g/mol. The summed E-state index contributed by atoms with van der Waals surface area (Å²) in [4.78, 5) is 1.40. The van der Waals surface area contributed by atoms with Gasteiger partial charge in [0, 0.05) is 12.5 Å². The first-order valence-electron chi connectivity index (χ1n) is 5.61. The monoisotopic (exact) mass is 250 g/mol. The number of hydrazine groups is 1. The Morgan fingerprint density at radius 2 is 2.06 bits per heavy atom. The summed E-state index contributed by atoms with van der Waals surface area (Å²) in [6, 6.07) is 6.33. The van der Waals surface area contributed by atoms with Crippen LogP contribution in [-0.4, -0.2) is 26.2 Å². The summed E-state index contributed by atoms with van der Waals surface area (Å²) in [6.07, 6.45) is 1.25. The van der Waals surface area contributed by atoms with Gasteiger partial charge < -0.3 is 0 Å². The normalized spacial score (nSPS) is 12.6. The Kier molecular flexibility index (Phi) is 3.96. The summed E-state index contributed by atoms with van der Waals surface area (Å²) >= 11 is 0. The minimum Gasteiger partial charge on any atom is -0.271 e. The maximum atomic E-state index is 12.8. The van der Waals surface area contributed by atoms with E-state index in [9.17, 15) is 4.39 Å². The lowest BCUT2D eigenvalue weighted by molar-refractivity contribution is 0.509. The van der Waals surface area contributed by atoms with Gasteiger partial charge in [-0.2, -0.15) is 4.80 Å². The van der Waals surface area contributed by atoms with Gasteiger partial charge in [0.05, 0.1) is 7.05 Å². The average Bonchev–Trinajstić information content (AvgIpc) is 2.77. The minimum atomic E-state index is -0.244. The molecule has 18 heavy (non-hydrogen) atoms. The molecule has 0 aliphatic carbocycles. The number of tetrazole rings is 1. The fourth-order valence-corrected chi connectivity index (χ4v) is 1.72. The van der Waals surface area contributed by atoms with Gasteiger partial charge >= 0.3 is 0 Å². The zero-order valence-electron chi connectivity index (χ0n) is 10.0. The second-order valence-electron chi connectivity index (χ2n) is 4.09. The second-order valence-corrected chi connectivity index (χ2v) is 4.09. The molecule has 1 unspecified atom stereocenters. The molecule has 0 saturated heterocycles. The number of benzene rings is 1. The third-order valence-corrected chi connectivity index (χ3v) is 2.61. The van der Waals surface area contributed by atoms with Gasteiger partial charge in [0.15, 0.2) is 5.82 Å². The molecule has 0 radical (unpaired) electrons. The van der Waals surface area contributed by atoms with Crippen molar-refractivity contribution in [3.63, 3.8) is 0 Å². The van der Waals surface area contributed by atoms with Crippen LogP contribution in [0.4, 0.5) is 4.39 Å². The molecule has 7 heteroatoms. The van der Waals surface area contributed by atoms with Crippen molar-refractivity contribution in [1.82, 2.24) is 25.6 Å². The lowest BCUT2D eigenvalue weighted by Gasteiger charge is -2.13. The summed E-state index contributed by atoms with van der Waals surface area (Å²) in [5.41, 5.74) is 3.72. The topological polar surface area (TPSA) is 81.7 Å². The Hall–Kier alpha value is -1.86. The molecule has 1 aromatic heterocycles. The van der Waals surface area contributed by atoms with Crippen LogP contribution in [0.1, 0.15) is 11.4 Å². The molecule has 6 nitrogen and oxygen atoms in total. The highest BCUT2D eigenvalue weighted by molar-refractivity contribution is 5.17. The van der Waals surface area contributed by atoms with E-state index in [1.165, 1.54) is 16.9 Å². The number of hydrogen-bond acceptors (Lipinski definition) is 5. The van der Waals surface area contributed by atoms with Gasteiger partial charge in [-0.1, -0.05) is 12.1 Å². The Morgan fingerprint density at radius 3 is 2.61 bits per heavy atom. The summed E-state index contributed by atoms with van der Waals surface area (Å²) in [6.45, 7) is 0. The van der Waals surface area contributed by atoms with E-state index >= 15 is 0 Å². The van der Waals surface area contributed by atoms with Crippen LogP contribution in [0.5, 0.6) is 0 Å². The highest BCUT2D eigenvalue weighted by Crippen LogP contribution is 2.07. The molecule has 1 atom stereocenters. The molecule has 96 valence electrons. The Morgan fingerprint density at radius 1 is 1.33 bits per heavy atom. The van der Waals surface area contributed by atoms with E-state index in [-0.39, 0.29) is 11.9 Å². The quantitative estimate of drug-likeness (QED) is 0.575. The van der Waals surface area contributed by atoms with Crippen LogP contribution in [0.25, 0.3) is 0 Å². The smallest absolute Gasteiger partial charge is 0.176 e. The minimum absolute atomic E-state index is 0.0142. The fraction of sp³-hybridized carbons (Fsp3) is 0.364. The highest BCUT2D eigenvalue weighted by Gasteiger charge is 2.12. The van der Waals surface area contributed by atoms with E-state index in [0.717, 1.165) is 5.56 Å². The summed E-state index contributed by atoms with van der Waals surface area (Å²) in [5, 5.41) is 11.8. The molecule has 0 bridgehead atoms. The van der Waals surface area contributed by atoms with Crippen LogP contribution in [0.3, 0.4) is 0 Å². The Balaban J connectivity index is 1.99. The first-order chi connectivity index (χ1) is 8.67. The second kappa shape index (κ2) is 5.65. The number of halogens is 1. The van der Waals surface area contributed by atoms with Crippen LogP contribution in [0.2, 0.25) is 0 Å². The number of rotatable bonds is 5. The predicted molar refractivity (Wildman–Crippen MR) is 63.7 cm³/mol. The van der Waals surface area contributed by atoms with Crippen molar-refractivity contribution in [3.8, 4) is 0 Å². The van der Waals surface area contributed by atoms with Crippen molar-refractivity contribution < 1.29 is 4.39 Å². The maximum Gasteiger partial charge on any atom is 0.176 e. The summed E-state index contributed by atoms with van der Waals surface area (Å²) in [7, 11) is 1.71. The van der Waals surface area contributed by atoms with E-state index in [4.69, 9.17) is 5.84 Å². The number of hydrogen-bond donors (Lipinski definition) is 2. The van der Waals surface area contributed by atoms with Crippen molar-refractivity contribution in [1.29, 1.82) is 0 Å². The van der Waals surface area contributed by atoms with Gasteiger partial charge in [-0.3, -0.25) is 11.3 Å². The molecule has 1 heterocycles. The highest BCUT2D eigenvalue weighted by atomic mass is 19.1. The van der Waals surface area contributed by atoms with Crippen molar-refractivity contribution in [2.75, 3.05) is 0 Å². The summed E-state index contributed by atoms with van der Waals surface area (Å²) < 4.78 is 12.8. The van der Waals surface area contributed by atoms with E-state index < -0.39 is 0 Å². The molecule has 0 saturated carbocycles.